The van der Waals surface area contributed by atoms with E-state index in [-0.39, 0.29) is 47.8 Å². The summed E-state index contributed by atoms with van der Waals surface area (Å²) in [5, 5.41) is 2.99. The summed E-state index contributed by atoms with van der Waals surface area (Å²) >= 11 is 0. The number of alkyl halides is 3. The Bertz CT molecular complexity index is 1210. The number of nitrogens with zero attached hydrogens (tertiary/aromatic N) is 5. The third-order valence-electron chi connectivity index (χ3n) is 8.66. The molecule has 1 N–H and O–H groups in total. The monoisotopic (exact) mass is 558 g/mol. The molecule has 2 aliphatic heterocycles. The second-order valence-corrected chi connectivity index (χ2v) is 11.5. The Morgan fingerprint density at radius 3 is 2.38 bits per heavy atom. The summed E-state index contributed by atoms with van der Waals surface area (Å²) < 4.78 is 41.4. The van der Waals surface area contributed by atoms with Gasteiger partial charge in [0.05, 0.1) is 11.3 Å². The first-order valence-corrected chi connectivity index (χ1v) is 14.1. The van der Waals surface area contributed by atoms with Crippen molar-refractivity contribution in [1.29, 1.82) is 0 Å². The van der Waals surface area contributed by atoms with Crippen molar-refractivity contribution in [2.45, 2.75) is 57.2 Å². The minimum atomic E-state index is -4.57. The Morgan fingerprint density at radius 2 is 1.75 bits per heavy atom. The zero-order valence-corrected chi connectivity index (χ0v) is 23.1. The molecule has 0 unspecified atom stereocenters. The van der Waals surface area contributed by atoms with E-state index in [4.69, 9.17) is 0 Å². The normalized spacial score (nSPS) is 22.2. The summed E-state index contributed by atoms with van der Waals surface area (Å²) in [5.74, 6) is -0.00706. The molecule has 0 radical (unpaired) electrons. The summed E-state index contributed by atoms with van der Waals surface area (Å²) in [6, 6.07) is 7.02. The number of benzene rings is 1. The Labute approximate surface area is 232 Å². The standard InChI is InChI=1S/C29H37F3N6O2/c1-36-14-10-23(11-15-36)37(2)26(39)20-6-8-22(9-7-20)34-28-33-18-24(29(30,31)32)25(35-28)17-19-4-5-21(16-19)27(40)38-12-3-13-38/h6-9,18-19,21,23H,3-5,10-17H2,1-2H3,(H,33,34,35)/t19-,21+/m1/s1. The quantitative estimate of drug-likeness (QED) is 0.535. The minimum absolute atomic E-state index is 0.0362. The highest BCUT2D eigenvalue weighted by Crippen LogP contribution is 2.38. The second-order valence-electron chi connectivity index (χ2n) is 11.5. The van der Waals surface area contributed by atoms with Crippen LogP contribution in [0, 0.1) is 11.8 Å². The third-order valence-corrected chi connectivity index (χ3v) is 8.66. The fourth-order valence-electron chi connectivity index (χ4n) is 6.00. The van der Waals surface area contributed by atoms with Gasteiger partial charge in [-0.15, -0.1) is 0 Å². The van der Waals surface area contributed by atoms with Crippen molar-refractivity contribution in [3.05, 3.63) is 47.3 Å². The van der Waals surface area contributed by atoms with Crippen molar-refractivity contribution in [3.63, 3.8) is 0 Å². The molecule has 5 rings (SSSR count). The smallest absolute Gasteiger partial charge is 0.342 e. The maximum absolute atomic E-state index is 13.8. The van der Waals surface area contributed by atoms with E-state index in [9.17, 15) is 22.8 Å². The van der Waals surface area contributed by atoms with Gasteiger partial charge in [0.15, 0.2) is 0 Å². The predicted octanol–water partition coefficient (Wildman–Crippen LogP) is 4.60. The van der Waals surface area contributed by atoms with Gasteiger partial charge in [-0.05, 0) is 95.3 Å². The van der Waals surface area contributed by atoms with Crippen molar-refractivity contribution in [2.75, 3.05) is 45.6 Å². The van der Waals surface area contributed by atoms with Crippen LogP contribution >= 0.6 is 0 Å². The van der Waals surface area contributed by atoms with Crippen LogP contribution in [0.4, 0.5) is 24.8 Å². The van der Waals surface area contributed by atoms with Crippen molar-refractivity contribution in [3.8, 4) is 0 Å². The minimum Gasteiger partial charge on any atom is -0.342 e. The fraction of sp³-hybridized carbons (Fsp3) is 0.586. The molecule has 2 aromatic rings. The molecule has 0 spiro atoms. The molecule has 3 heterocycles. The highest BCUT2D eigenvalue weighted by Gasteiger charge is 2.38. The number of carbonyl (C=O) groups is 2. The average Bonchev–Trinajstić information content (AvgIpc) is 3.36. The third kappa shape index (κ3) is 6.40. The molecule has 40 heavy (non-hydrogen) atoms. The van der Waals surface area contributed by atoms with Gasteiger partial charge in [0.25, 0.3) is 5.91 Å². The molecule has 0 bridgehead atoms. The molecule has 1 aliphatic carbocycles. The first-order chi connectivity index (χ1) is 19.1. The zero-order valence-electron chi connectivity index (χ0n) is 23.1. The van der Waals surface area contributed by atoms with Gasteiger partial charge in [-0.2, -0.15) is 13.2 Å². The molecule has 1 aromatic carbocycles. The maximum Gasteiger partial charge on any atom is 0.419 e. The van der Waals surface area contributed by atoms with Crippen molar-refractivity contribution in [1.82, 2.24) is 24.7 Å². The molecule has 2 amide bonds. The zero-order chi connectivity index (χ0) is 28.4. The first kappa shape index (κ1) is 28.3. The number of carbonyl (C=O) groups excluding carboxylic acids is 2. The summed E-state index contributed by atoms with van der Waals surface area (Å²) in [4.78, 5) is 39.7. The van der Waals surface area contributed by atoms with Crippen LogP contribution in [-0.4, -0.2) is 82.8 Å². The van der Waals surface area contributed by atoms with Gasteiger partial charge in [0, 0.05) is 49.5 Å². The van der Waals surface area contributed by atoms with Gasteiger partial charge in [-0.25, -0.2) is 9.97 Å². The van der Waals surface area contributed by atoms with E-state index in [1.807, 2.05) is 11.9 Å². The van der Waals surface area contributed by atoms with E-state index in [1.165, 1.54) is 0 Å². The maximum atomic E-state index is 13.8. The van der Waals surface area contributed by atoms with Gasteiger partial charge < -0.3 is 20.0 Å². The lowest BCUT2D eigenvalue weighted by Crippen LogP contribution is -2.44. The van der Waals surface area contributed by atoms with Crippen molar-refractivity contribution >= 4 is 23.5 Å². The van der Waals surface area contributed by atoms with Crippen LogP contribution < -0.4 is 5.32 Å². The number of halogens is 3. The summed E-state index contributed by atoms with van der Waals surface area (Å²) in [6.45, 7) is 3.48. The largest absolute Gasteiger partial charge is 0.419 e. The highest BCUT2D eigenvalue weighted by atomic mass is 19.4. The number of anilines is 2. The number of hydrogen-bond acceptors (Lipinski definition) is 6. The lowest BCUT2D eigenvalue weighted by Gasteiger charge is -2.35. The molecular weight excluding hydrogens is 521 g/mol. The van der Waals surface area contributed by atoms with Gasteiger partial charge in [-0.1, -0.05) is 0 Å². The van der Waals surface area contributed by atoms with Crippen LogP contribution in [0.15, 0.2) is 30.5 Å². The number of piperidine rings is 1. The summed E-state index contributed by atoms with van der Waals surface area (Å²) in [5.41, 5.74) is 0.224. The molecule has 1 saturated carbocycles. The molecule has 11 heteroatoms. The van der Waals surface area contributed by atoms with E-state index in [0.717, 1.165) is 51.6 Å². The molecule has 3 fully saturated rings. The SMILES string of the molecule is CN1CCC(N(C)C(=O)c2ccc(Nc3ncc(C(F)(F)F)c(C[C@@H]4CC[C@H](C(=O)N5CCC5)C4)n3)cc2)CC1. The van der Waals surface area contributed by atoms with Crippen LogP contribution in [0.2, 0.25) is 0 Å². The summed E-state index contributed by atoms with van der Waals surface area (Å²) in [6.07, 6.45) is 1.28. The van der Waals surface area contributed by atoms with E-state index >= 15 is 0 Å². The lowest BCUT2D eigenvalue weighted by atomic mass is 9.96. The molecule has 2 atom stereocenters. The van der Waals surface area contributed by atoms with E-state index < -0.39 is 11.7 Å². The molecule has 216 valence electrons. The Balaban J connectivity index is 1.24. The number of amides is 2. The number of aromatic nitrogens is 2. The van der Waals surface area contributed by atoms with E-state index in [1.54, 1.807) is 29.2 Å². The Kier molecular flexibility index (Phi) is 8.30. The van der Waals surface area contributed by atoms with Gasteiger partial charge >= 0.3 is 6.18 Å². The molecule has 3 aliphatic rings. The van der Waals surface area contributed by atoms with E-state index in [0.29, 0.717) is 30.5 Å². The van der Waals surface area contributed by atoms with Crippen molar-refractivity contribution in [2.24, 2.45) is 11.8 Å². The molecular formula is C29H37F3N6O2. The van der Waals surface area contributed by atoms with Gasteiger partial charge in [0.1, 0.15) is 0 Å². The summed E-state index contributed by atoms with van der Waals surface area (Å²) in [7, 11) is 3.91. The number of rotatable bonds is 7. The molecule has 8 nitrogen and oxygen atoms in total. The molecule has 2 saturated heterocycles. The molecule has 1 aromatic heterocycles. The van der Waals surface area contributed by atoms with Crippen LogP contribution in [0.5, 0.6) is 0 Å². The van der Waals surface area contributed by atoms with Crippen LogP contribution in [0.1, 0.15) is 60.1 Å². The fourth-order valence-corrected chi connectivity index (χ4v) is 6.00. The average molecular weight is 559 g/mol. The first-order valence-electron chi connectivity index (χ1n) is 14.1. The van der Waals surface area contributed by atoms with Crippen LogP contribution in [0.25, 0.3) is 0 Å². The van der Waals surface area contributed by atoms with E-state index in [2.05, 4.69) is 27.2 Å². The van der Waals surface area contributed by atoms with Gasteiger partial charge in [0.2, 0.25) is 11.9 Å². The predicted molar refractivity (Wildman–Crippen MR) is 145 cm³/mol. The lowest BCUT2D eigenvalue weighted by molar-refractivity contribution is -0.140. The highest BCUT2D eigenvalue weighted by molar-refractivity contribution is 5.94. The van der Waals surface area contributed by atoms with Crippen LogP contribution in [0.3, 0.4) is 0 Å². The van der Waals surface area contributed by atoms with Crippen molar-refractivity contribution < 1.29 is 22.8 Å². The number of likely N-dealkylation sites (tertiary alicyclic amines) is 2. The Hall–Kier alpha value is -3.21. The Morgan fingerprint density at radius 1 is 1.05 bits per heavy atom. The second kappa shape index (κ2) is 11.7. The topological polar surface area (TPSA) is 81.7 Å². The van der Waals surface area contributed by atoms with Gasteiger partial charge in [-0.3, -0.25) is 9.59 Å². The number of hydrogen-bond donors (Lipinski definition) is 1. The van der Waals surface area contributed by atoms with Crippen LogP contribution in [-0.2, 0) is 17.4 Å². The number of nitrogens with one attached hydrogen (secondary N) is 1.